The Balaban J connectivity index is 5.47. The number of carbonyl (C=O) groups is 5. The van der Waals surface area contributed by atoms with Crippen LogP contribution in [0.15, 0.2) is 0 Å². The van der Waals surface area contributed by atoms with E-state index in [-0.39, 0.29) is 18.8 Å². The minimum atomic E-state index is -1.42. The number of aliphatic carboxylic acids is 1. The molecule has 202 valence electrons. The number of unbranched alkanes of at least 4 members (excludes halogenated alkanes) is 2. The molecule has 12 N–H and O–H groups in total. The zero-order valence-corrected chi connectivity index (χ0v) is 20.8. The minimum Gasteiger partial charge on any atom is -0.480 e. The van der Waals surface area contributed by atoms with Crippen LogP contribution in [0.5, 0.6) is 0 Å². The maximum Gasteiger partial charge on any atom is 0.326 e. The number of hydrogen-bond acceptors (Lipinski definition) is 8. The lowest BCUT2D eigenvalue weighted by Crippen LogP contribution is -2.57. The van der Waals surface area contributed by atoms with Crippen LogP contribution in [-0.4, -0.2) is 72.0 Å². The Kier molecular flexibility index (Phi) is 16.2. The Labute approximate surface area is 206 Å². The van der Waals surface area contributed by atoms with Crippen molar-refractivity contribution in [3.8, 4) is 0 Å². The Hall–Kier alpha value is -2.77. The molecule has 0 aromatic carbocycles. The predicted octanol–water partition coefficient (Wildman–Crippen LogP) is -1.97. The van der Waals surface area contributed by atoms with E-state index >= 15 is 0 Å². The molecule has 0 aromatic heterocycles. The number of primary amides is 1. The lowest BCUT2D eigenvalue weighted by Gasteiger charge is -2.25. The van der Waals surface area contributed by atoms with Crippen LogP contribution < -0.4 is 38.9 Å². The molecular weight excluding hydrogens is 458 g/mol. The average Bonchev–Trinajstić information content (AvgIpc) is 2.76. The Bertz CT molecular complexity index is 704. The number of carbonyl (C=O) groups excluding carboxylic acids is 4. The van der Waals surface area contributed by atoms with Gasteiger partial charge in [0.05, 0.1) is 12.5 Å². The van der Waals surface area contributed by atoms with Gasteiger partial charge in [-0.3, -0.25) is 19.2 Å². The maximum absolute atomic E-state index is 13.0. The van der Waals surface area contributed by atoms with Crippen LogP contribution in [0.2, 0.25) is 0 Å². The maximum atomic E-state index is 13.0. The van der Waals surface area contributed by atoms with Gasteiger partial charge < -0.3 is 44.0 Å². The van der Waals surface area contributed by atoms with E-state index in [1.165, 1.54) is 0 Å². The molecule has 13 nitrogen and oxygen atoms in total. The van der Waals surface area contributed by atoms with Crippen LogP contribution in [0.3, 0.4) is 0 Å². The third-order valence-corrected chi connectivity index (χ3v) is 5.24. The fourth-order valence-electron chi connectivity index (χ4n) is 3.36. The zero-order chi connectivity index (χ0) is 27.0. The molecule has 4 unspecified atom stereocenters. The lowest BCUT2D eigenvalue weighted by molar-refractivity contribution is -0.142. The standard InChI is InChI=1S/C22H43N7O6/c1-13(2)11-14(25)19(31)27-15(7-3-5-9-23)20(32)29-17(12-18(26)30)21(33)28-16(22(34)35)8-4-6-10-24/h13-17H,3-12,23-25H2,1-2H3,(H2,26,30)(H,27,31)(H,28,33)(H,29,32)(H,34,35). The first-order valence-corrected chi connectivity index (χ1v) is 12.0. The number of nitrogens with one attached hydrogen (secondary N) is 3. The number of carboxylic acid groups (broad SMARTS) is 1. The number of nitrogens with two attached hydrogens (primary N) is 4. The summed E-state index contributed by atoms with van der Waals surface area (Å²) in [5.41, 5.74) is 22.1. The van der Waals surface area contributed by atoms with Crippen molar-refractivity contribution in [1.29, 1.82) is 0 Å². The quantitative estimate of drug-likeness (QED) is 0.0913. The number of amides is 4. The molecule has 4 atom stereocenters. The van der Waals surface area contributed by atoms with E-state index < -0.39 is 60.2 Å². The Morgan fingerprint density at radius 3 is 1.66 bits per heavy atom. The van der Waals surface area contributed by atoms with Gasteiger partial charge in [-0.25, -0.2) is 4.79 Å². The fourth-order valence-corrected chi connectivity index (χ4v) is 3.36. The summed E-state index contributed by atoms with van der Waals surface area (Å²) in [5, 5.41) is 16.7. The number of rotatable bonds is 19. The summed E-state index contributed by atoms with van der Waals surface area (Å²) in [5.74, 6) is -4.08. The zero-order valence-electron chi connectivity index (χ0n) is 20.8. The third kappa shape index (κ3) is 14.3. The highest BCUT2D eigenvalue weighted by molar-refractivity contribution is 5.96. The molecule has 4 amide bonds. The molecule has 0 spiro atoms. The van der Waals surface area contributed by atoms with E-state index in [1.54, 1.807) is 0 Å². The van der Waals surface area contributed by atoms with Gasteiger partial charge in [-0.2, -0.15) is 0 Å². The molecule has 0 heterocycles. The summed E-state index contributed by atoms with van der Waals surface area (Å²) >= 11 is 0. The molecule has 0 saturated carbocycles. The second-order valence-electron chi connectivity index (χ2n) is 9.00. The molecule has 0 fully saturated rings. The second kappa shape index (κ2) is 17.6. The van der Waals surface area contributed by atoms with Gasteiger partial charge in [-0.1, -0.05) is 13.8 Å². The summed E-state index contributed by atoms with van der Waals surface area (Å²) in [6.07, 6.45) is 2.37. The normalized spacial score (nSPS) is 14.5. The minimum absolute atomic E-state index is 0.126. The first-order chi connectivity index (χ1) is 16.4. The highest BCUT2D eigenvalue weighted by atomic mass is 16.4. The van der Waals surface area contributed by atoms with Crippen molar-refractivity contribution in [2.75, 3.05) is 13.1 Å². The average molecular weight is 502 g/mol. The van der Waals surface area contributed by atoms with Crippen LogP contribution in [-0.2, 0) is 24.0 Å². The molecule has 0 rings (SSSR count). The first-order valence-electron chi connectivity index (χ1n) is 12.0. The molecule has 0 aliphatic carbocycles. The number of carboxylic acids is 1. The summed E-state index contributed by atoms with van der Waals surface area (Å²) in [4.78, 5) is 61.3. The van der Waals surface area contributed by atoms with Crippen molar-refractivity contribution in [1.82, 2.24) is 16.0 Å². The Morgan fingerprint density at radius 1 is 0.743 bits per heavy atom. The van der Waals surface area contributed by atoms with Crippen LogP contribution >= 0.6 is 0 Å². The molecule has 0 aromatic rings. The van der Waals surface area contributed by atoms with Crippen molar-refractivity contribution in [2.45, 2.75) is 89.4 Å². The highest BCUT2D eigenvalue weighted by Gasteiger charge is 2.31. The molecule has 0 aliphatic heterocycles. The van der Waals surface area contributed by atoms with E-state index in [0.717, 1.165) is 0 Å². The largest absolute Gasteiger partial charge is 0.480 e. The smallest absolute Gasteiger partial charge is 0.326 e. The van der Waals surface area contributed by atoms with E-state index in [0.29, 0.717) is 45.2 Å². The fraction of sp³-hybridized carbons (Fsp3) is 0.773. The van der Waals surface area contributed by atoms with Crippen LogP contribution in [0.4, 0.5) is 0 Å². The van der Waals surface area contributed by atoms with Gasteiger partial charge in [-0.15, -0.1) is 0 Å². The first kappa shape index (κ1) is 32.2. The molecule has 0 saturated heterocycles. The van der Waals surface area contributed by atoms with Crippen LogP contribution in [0, 0.1) is 5.92 Å². The van der Waals surface area contributed by atoms with Crippen molar-refractivity contribution in [3.63, 3.8) is 0 Å². The summed E-state index contributed by atoms with van der Waals surface area (Å²) in [6.45, 7) is 4.58. The van der Waals surface area contributed by atoms with E-state index in [1.807, 2.05) is 13.8 Å². The van der Waals surface area contributed by atoms with Crippen LogP contribution in [0.25, 0.3) is 0 Å². The molecule has 35 heavy (non-hydrogen) atoms. The van der Waals surface area contributed by atoms with Gasteiger partial charge >= 0.3 is 5.97 Å². The van der Waals surface area contributed by atoms with Crippen molar-refractivity contribution < 1.29 is 29.1 Å². The molecule has 0 radical (unpaired) electrons. The van der Waals surface area contributed by atoms with Gasteiger partial charge in [0, 0.05) is 0 Å². The topological polar surface area (TPSA) is 246 Å². The summed E-state index contributed by atoms with van der Waals surface area (Å²) in [7, 11) is 0. The van der Waals surface area contributed by atoms with Gasteiger partial charge in [-0.05, 0) is 64.0 Å². The predicted molar refractivity (Wildman–Crippen MR) is 130 cm³/mol. The van der Waals surface area contributed by atoms with Gasteiger partial charge in [0.25, 0.3) is 0 Å². The van der Waals surface area contributed by atoms with E-state index in [2.05, 4.69) is 16.0 Å². The SMILES string of the molecule is CC(C)CC(N)C(=O)NC(CCCCN)C(=O)NC(CC(N)=O)C(=O)NC(CCCCN)C(=O)O. The van der Waals surface area contributed by atoms with Crippen LogP contribution in [0.1, 0.15) is 65.2 Å². The molecule has 0 bridgehead atoms. The monoisotopic (exact) mass is 501 g/mol. The van der Waals surface area contributed by atoms with Gasteiger partial charge in [0.2, 0.25) is 23.6 Å². The lowest BCUT2D eigenvalue weighted by atomic mass is 10.0. The van der Waals surface area contributed by atoms with E-state index in [4.69, 9.17) is 22.9 Å². The van der Waals surface area contributed by atoms with Crippen molar-refractivity contribution in [2.24, 2.45) is 28.9 Å². The summed E-state index contributed by atoms with van der Waals surface area (Å²) < 4.78 is 0. The van der Waals surface area contributed by atoms with Gasteiger partial charge in [0.1, 0.15) is 18.1 Å². The van der Waals surface area contributed by atoms with E-state index in [9.17, 15) is 29.1 Å². The van der Waals surface area contributed by atoms with Gasteiger partial charge in [0.15, 0.2) is 0 Å². The summed E-state index contributed by atoms with van der Waals surface area (Å²) in [6, 6.07) is -4.50. The molecular formula is C22H43N7O6. The second-order valence-corrected chi connectivity index (χ2v) is 9.00. The highest BCUT2D eigenvalue weighted by Crippen LogP contribution is 2.07. The van der Waals surface area contributed by atoms with Crippen molar-refractivity contribution in [3.05, 3.63) is 0 Å². The molecule has 13 heteroatoms. The van der Waals surface area contributed by atoms with Crippen molar-refractivity contribution >= 4 is 29.6 Å². The number of hydrogen-bond donors (Lipinski definition) is 8. The third-order valence-electron chi connectivity index (χ3n) is 5.24. The Morgan fingerprint density at radius 2 is 1.20 bits per heavy atom. The molecule has 0 aliphatic rings.